The van der Waals surface area contributed by atoms with Crippen molar-refractivity contribution in [2.24, 2.45) is 5.92 Å². The third-order valence-corrected chi connectivity index (χ3v) is 5.31. The van der Waals surface area contributed by atoms with Crippen LogP contribution in [0, 0.1) is 5.92 Å². The topological polar surface area (TPSA) is 28.2 Å². The SMILES string of the molecule is Brc1cnc(CN(CC2CCCNC2)C2CC2)c(Br)c1. The van der Waals surface area contributed by atoms with Crippen molar-refractivity contribution < 1.29 is 0 Å². The summed E-state index contributed by atoms with van der Waals surface area (Å²) in [5.74, 6) is 0.804. The molecular weight excluding hydrogens is 382 g/mol. The van der Waals surface area contributed by atoms with Crippen LogP contribution >= 0.6 is 31.9 Å². The summed E-state index contributed by atoms with van der Waals surface area (Å²) in [6, 6.07) is 2.88. The zero-order valence-corrected chi connectivity index (χ0v) is 14.8. The van der Waals surface area contributed by atoms with Crippen LogP contribution < -0.4 is 5.32 Å². The molecule has 1 aliphatic carbocycles. The summed E-state index contributed by atoms with van der Waals surface area (Å²) in [6.45, 7) is 4.55. The van der Waals surface area contributed by atoms with Crippen molar-refractivity contribution in [3.05, 3.63) is 26.9 Å². The van der Waals surface area contributed by atoms with E-state index in [0.29, 0.717) is 0 Å². The minimum atomic E-state index is 0.786. The van der Waals surface area contributed by atoms with E-state index in [1.807, 2.05) is 6.20 Å². The second-order valence-corrected chi connectivity index (χ2v) is 7.73. The van der Waals surface area contributed by atoms with Crippen molar-refractivity contribution in [2.45, 2.75) is 38.3 Å². The second-order valence-electron chi connectivity index (χ2n) is 5.96. The van der Waals surface area contributed by atoms with Crippen LogP contribution in [0.3, 0.4) is 0 Å². The van der Waals surface area contributed by atoms with Gasteiger partial charge >= 0.3 is 0 Å². The molecule has 1 saturated carbocycles. The summed E-state index contributed by atoms with van der Waals surface area (Å²) in [7, 11) is 0. The predicted molar refractivity (Wildman–Crippen MR) is 88.7 cm³/mol. The molecule has 3 rings (SSSR count). The van der Waals surface area contributed by atoms with E-state index in [9.17, 15) is 0 Å². The zero-order valence-electron chi connectivity index (χ0n) is 11.6. The lowest BCUT2D eigenvalue weighted by Gasteiger charge is -2.30. The standard InChI is InChI=1S/C15H21Br2N3/c16-12-6-14(17)15(19-8-12)10-20(13-3-4-13)9-11-2-1-5-18-7-11/h6,8,11,13,18H,1-5,7,9-10H2. The number of nitrogens with zero attached hydrogens (tertiary/aromatic N) is 2. The van der Waals surface area contributed by atoms with Crippen molar-refractivity contribution >= 4 is 31.9 Å². The van der Waals surface area contributed by atoms with Crippen LogP contribution in [-0.4, -0.2) is 35.6 Å². The van der Waals surface area contributed by atoms with Gasteiger partial charge in [0.2, 0.25) is 0 Å². The number of halogens is 2. The highest BCUT2D eigenvalue weighted by molar-refractivity contribution is 9.11. The molecule has 0 aromatic carbocycles. The fourth-order valence-corrected chi connectivity index (χ4v) is 4.06. The van der Waals surface area contributed by atoms with E-state index in [1.165, 1.54) is 45.3 Å². The number of hydrogen-bond donors (Lipinski definition) is 1. The molecule has 110 valence electrons. The van der Waals surface area contributed by atoms with Gasteiger partial charge in [-0.15, -0.1) is 0 Å². The molecule has 2 aliphatic rings. The van der Waals surface area contributed by atoms with Gasteiger partial charge in [-0.3, -0.25) is 9.88 Å². The largest absolute Gasteiger partial charge is 0.316 e. The smallest absolute Gasteiger partial charge is 0.0686 e. The van der Waals surface area contributed by atoms with Gasteiger partial charge < -0.3 is 5.32 Å². The Bertz CT molecular complexity index is 456. The Morgan fingerprint density at radius 1 is 1.30 bits per heavy atom. The van der Waals surface area contributed by atoms with Gasteiger partial charge in [-0.05, 0) is 82.6 Å². The van der Waals surface area contributed by atoms with Crippen molar-refractivity contribution in [1.82, 2.24) is 15.2 Å². The Labute approximate surface area is 137 Å². The van der Waals surface area contributed by atoms with E-state index in [0.717, 1.165) is 33.1 Å². The maximum Gasteiger partial charge on any atom is 0.0686 e. The fourth-order valence-electron chi connectivity index (χ4n) is 2.95. The zero-order chi connectivity index (χ0) is 13.9. The van der Waals surface area contributed by atoms with Gasteiger partial charge in [0.25, 0.3) is 0 Å². The third-order valence-electron chi connectivity index (χ3n) is 4.19. The second kappa shape index (κ2) is 6.86. The van der Waals surface area contributed by atoms with Gasteiger partial charge in [0.15, 0.2) is 0 Å². The van der Waals surface area contributed by atoms with E-state index in [4.69, 9.17) is 0 Å². The molecule has 1 aromatic rings. The Morgan fingerprint density at radius 2 is 2.15 bits per heavy atom. The van der Waals surface area contributed by atoms with Crippen LogP contribution in [0.5, 0.6) is 0 Å². The van der Waals surface area contributed by atoms with Crippen molar-refractivity contribution in [2.75, 3.05) is 19.6 Å². The number of nitrogens with one attached hydrogen (secondary N) is 1. The van der Waals surface area contributed by atoms with E-state index in [-0.39, 0.29) is 0 Å². The highest BCUT2D eigenvalue weighted by Crippen LogP contribution is 2.31. The lowest BCUT2D eigenvalue weighted by atomic mass is 9.99. The minimum absolute atomic E-state index is 0.786. The van der Waals surface area contributed by atoms with E-state index in [1.54, 1.807) is 0 Å². The minimum Gasteiger partial charge on any atom is -0.316 e. The highest BCUT2D eigenvalue weighted by Gasteiger charge is 2.31. The first kappa shape index (κ1) is 14.9. The van der Waals surface area contributed by atoms with E-state index < -0.39 is 0 Å². The number of rotatable bonds is 5. The monoisotopic (exact) mass is 401 g/mol. The van der Waals surface area contributed by atoms with Gasteiger partial charge in [-0.25, -0.2) is 0 Å². The molecular formula is C15H21Br2N3. The van der Waals surface area contributed by atoms with E-state index >= 15 is 0 Å². The summed E-state index contributed by atoms with van der Waals surface area (Å²) >= 11 is 7.11. The normalized spacial score (nSPS) is 23.2. The van der Waals surface area contributed by atoms with Gasteiger partial charge in [0.1, 0.15) is 0 Å². The molecule has 1 saturated heterocycles. The van der Waals surface area contributed by atoms with Crippen molar-refractivity contribution in [1.29, 1.82) is 0 Å². The first-order valence-electron chi connectivity index (χ1n) is 7.47. The Balaban J connectivity index is 1.64. The maximum atomic E-state index is 4.57. The molecule has 5 heteroatoms. The molecule has 0 amide bonds. The lowest BCUT2D eigenvalue weighted by molar-refractivity contribution is 0.190. The van der Waals surface area contributed by atoms with Crippen LogP contribution in [0.4, 0.5) is 0 Å². The molecule has 0 bridgehead atoms. The molecule has 20 heavy (non-hydrogen) atoms. The number of piperidine rings is 1. The summed E-state index contributed by atoms with van der Waals surface area (Å²) in [6.07, 6.45) is 7.30. The quantitative estimate of drug-likeness (QED) is 0.815. The van der Waals surface area contributed by atoms with Crippen LogP contribution in [0.25, 0.3) is 0 Å². The first-order chi connectivity index (χ1) is 9.72. The number of hydrogen-bond acceptors (Lipinski definition) is 3. The van der Waals surface area contributed by atoms with E-state index in [2.05, 4.69) is 53.1 Å². The molecule has 1 N–H and O–H groups in total. The molecule has 0 radical (unpaired) electrons. The van der Waals surface area contributed by atoms with Crippen molar-refractivity contribution in [3.63, 3.8) is 0 Å². The summed E-state index contributed by atoms with van der Waals surface area (Å²) < 4.78 is 2.14. The molecule has 3 nitrogen and oxygen atoms in total. The molecule has 1 aliphatic heterocycles. The molecule has 1 unspecified atom stereocenters. The number of pyridine rings is 1. The lowest BCUT2D eigenvalue weighted by Crippen LogP contribution is -2.39. The van der Waals surface area contributed by atoms with Crippen LogP contribution in [0.2, 0.25) is 0 Å². The highest BCUT2D eigenvalue weighted by atomic mass is 79.9. The van der Waals surface area contributed by atoms with Crippen molar-refractivity contribution in [3.8, 4) is 0 Å². The Hall–Kier alpha value is 0.0300. The number of aromatic nitrogens is 1. The molecule has 2 heterocycles. The van der Waals surface area contributed by atoms with Crippen LogP contribution in [0.15, 0.2) is 21.2 Å². The Morgan fingerprint density at radius 3 is 2.80 bits per heavy atom. The van der Waals surface area contributed by atoms with Crippen LogP contribution in [0.1, 0.15) is 31.4 Å². The van der Waals surface area contributed by atoms with Gasteiger partial charge in [0.05, 0.1) is 5.69 Å². The van der Waals surface area contributed by atoms with Crippen LogP contribution in [-0.2, 0) is 6.54 Å². The average Bonchev–Trinajstić information content (AvgIpc) is 3.26. The van der Waals surface area contributed by atoms with Gasteiger partial charge in [0, 0.05) is 34.3 Å². The average molecular weight is 403 g/mol. The first-order valence-corrected chi connectivity index (χ1v) is 9.05. The third kappa shape index (κ3) is 4.03. The van der Waals surface area contributed by atoms with Gasteiger partial charge in [-0.2, -0.15) is 0 Å². The maximum absolute atomic E-state index is 4.57. The summed E-state index contributed by atoms with van der Waals surface area (Å²) in [5, 5.41) is 3.52. The fraction of sp³-hybridized carbons (Fsp3) is 0.667. The molecule has 1 aromatic heterocycles. The summed E-state index contributed by atoms with van der Waals surface area (Å²) in [5.41, 5.74) is 1.16. The predicted octanol–water partition coefficient (Wildman–Crippen LogP) is 3.57. The molecule has 1 atom stereocenters. The molecule has 0 spiro atoms. The summed E-state index contributed by atoms with van der Waals surface area (Å²) in [4.78, 5) is 7.21. The van der Waals surface area contributed by atoms with Gasteiger partial charge in [-0.1, -0.05) is 0 Å². The Kier molecular flexibility index (Phi) is 5.13. The molecule has 2 fully saturated rings.